The maximum absolute atomic E-state index is 13.2. The number of ether oxygens (including phenoxy) is 2. The molecule has 10 nitrogen and oxygen atoms in total. The number of aromatic nitrogens is 4. The van der Waals surface area contributed by atoms with E-state index in [1.807, 2.05) is 32.0 Å². The van der Waals surface area contributed by atoms with Gasteiger partial charge in [0.1, 0.15) is 24.2 Å². The minimum Gasteiger partial charge on any atom is -0.491 e. The van der Waals surface area contributed by atoms with Gasteiger partial charge in [-0.1, -0.05) is 12.1 Å². The molecule has 1 aliphatic heterocycles. The van der Waals surface area contributed by atoms with Crippen LogP contribution in [0.15, 0.2) is 30.9 Å². The second-order valence-electron chi connectivity index (χ2n) is 9.95. The Kier molecular flexibility index (Phi) is 7.64. The standard InChI is InChI=1S/C27H34N6O4/c1-17(2)36-12-10-28-23(34)13-18-8-9-20-21(25(18)35)6-3-7-22(20)37-14-19-5-4-11-33(19)27-24-26(30-15-29-24)31-16-32-27/h3,6-7,15-19H,4-5,8-14H2,1-2H3,(H,28,34)(H,29,30,31,32)/t18?,19-/m1/s1. The SMILES string of the molecule is CC(C)OCCNC(=O)CC1CCc2c(OC[C@H]3CCCN3c3ncnc4[nH]cnc34)cccc2C1=O. The Hall–Kier alpha value is -3.53. The number of nitrogens with zero attached hydrogens (tertiary/aromatic N) is 4. The Balaban J connectivity index is 1.21. The smallest absolute Gasteiger partial charge is 0.220 e. The van der Waals surface area contributed by atoms with Gasteiger partial charge in [0.05, 0.1) is 25.1 Å². The van der Waals surface area contributed by atoms with Crippen LogP contribution in [0.1, 0.15) is 55.5 Å². The van der Waals surface area contributed by atoms with Crippen molar-refractivity contribution < 1.29 is 19.1 Å². The van der Waals surface area contributed by atoms with Gasteiger partial charge < -0.3 is 24.7 Å². The molecule has 2 aromatic heterocycles. The normalized spacial score (nSPS) is 19.4. The zero-order chi connectivity index (χ0) is 25.8. The maximum Gasteiger partial charge on any atom is 0.220 e. The van der Waals surface area contributed by atoms with E-state index in [4.69, 9.17) is 9.47 Å². The molecule has 1 fully saturated rings. The summed E-state index contributed by atoms with van der Waals surface area (Å²) in [5, 5.41) is 2.86. The van der Waals surface area contributed by atoms with Crippen molar-refractivity contribution >= 4 is 28.7 Å². The van der Waals surface area contributed by atoms with Crippen molar-refractivity contribution in [3.63, 3.8) is 0 Å². The molecule has 5 rings (SSSR count). The van der Waals surface area contributed by atoms with Crippen LogP contribution in [0.4, 0.5) is 5.82 Å². The first-order valence-corrected chi connectivity index (χ1v) is 13.1. The first-order valence-electron chi connectivity index (χ1n) is 13.1. The van der Waals surface area contributed by atoms with Gasteiger partial charge in [-0.15, -0.1) is 0 Å². The minimum absolute atomic E-state index is 0.0182. The molecule has 0 spiro atoms. The average molecular weight is 507 g/mol. The van der Waals surface area contributed by atoms with Crippen molar-refractivity contribution in [2.75, 3.05) is 31.2 Å². The zero-order valence-corrected chi connectivity index (χ0v) is 21.4. The number of carbonyl (C=O) groups is 2. The number of imidazole rings is 1. The summed E-state index contributed by atoms with van der Waals surface area (Å²) in [4.78, 5) is 44.0. The fourth-order valence-corrected chi connectivity index (χ4v) is 5.27. The lowest BCUT2D eigenvalue weighted by Crippen LogP contribution is -2.35. The number of carbonyl (C=O) groups excluding carboxylic acids is 2. The van der Waals surface area contributed by atoms with Crippen molar-refractivity contribution in [3.8, 4) is 5.75 Å². The van der Waals surface area contributed by atoms with Gasteiger partial charge in [-0.3, -0.25) is 9.59 Å². The van der Waals surface area contributed by atoms with Gasteiger partial charge >= 0.3 is 0 Å². The number of fused-ring (bicyclic) bond motifs is 2. The minimum atomic E-state index is -0.312. The van der Waals surface area contributed by atoms with Gasteiger partial charge in [0.25, 0.3) is 0 Å². The van der Waals surface area contributed by atoms with Crippen LogP contribution in [0.25, 0.3) is 11.2 Å². The zero-order valence-electron chi connectivity index (χ0n) is 21.4. The largest absolute Gasteiger partial charge is 0.491 e. The number of anilines is 1. The third kappa shape index (κ3) is 5.58. The Morgan fingerprint density at radius 3 is 3.00 bits per heavy atom. The average Bonchev–Trinajstić information content (AvgIpc) is 3.56. The monoisotopic (exact) mass is 506 g/mol. The highest BCUT2D eigenvalue weighted by molar-refractivity contribution is 6.02. The third-order valence-electron chi connectivity index (χ3n) is 7.10. The number of hydrogen-bond donors (Lipinski definition) is 2. The van der Waals surface area contributed by atoms with Gasteiger partial charge in [0.15, 0.2) is 17.2 Å². The molecular formula is C27H34N6O4. The fourth-order valence-electron chi connectivity index (χ4n) is 5.27. The maximum atomic E-state index is 13.2. The summed E-state index contributed by atoms with van der Waals surface area (Å²) in [6, 6.07) is 5.80. The summed E-state index contributed by atoms with van der Waals surface area (Å²) in [5.74, 6) is 1.16. The van der Waals surface area contributed by atoms with Crippen molar-refractivity contribution in [2.45, 2.75) is 58.1 Å². The first kappa shape index (κ1) is 25.1. The molecule has 1 saturated heterocycles. The molecule has 196 valence electrons. The molecule has 2 aliphatic rings. The predicted molar refractivity (Wildman–Crippen MR) is 139 cm³/mol. The molecule has 37 heavy (non-hydrogen) atoms. The summed E-state index contributed by atoms with van der Waals surface area (Å²) in [5.41, 5.74) is 3.09. The van der Waals surface area contributed by atoms with E-state index in [0.717, 1.165) is 47.7 Å². The molecule has 1 aromatic carbocycles. The number of aromatic amines is 1. The Morgan fingerprint density at radius 1 is 1.24 bits per heavy atom. The summed E-state index contributed by atoms with van der Waals surface area (Å²) < 4.78 is 11.8. The number of benzene rings is 1. The van der Waals surface area contributed by atoms with Crippen LogP contribution in [0.2, 0.25) is 0 Å². The topological polar surface area (TPSA) is 122 Å². The fraction of sp³-hybridized carbons (Fsp3) is 0.519. The van der Waals surface area contributed by atoms with Crippen LogP contribution in [0, 0.1) is 5.92 Å². The number of Topliss-reactive ketones (excluding diaryl/α,β-unsaturated/α-hetero) is 1. The van der Waals surface area contributed by atoms with Crippen LogP contribution < -0.4 is 15.0 Å². The molecule has 1 unspecified atom stereocenters. The van der Waals surface area contributed by atoms with Gasteiger partial charge in [0, 0.05) is 36.6 Å². The van der Waals surface area contributed by atoms with Gasteiger partial charge in [0.2, 0.25) is 5.91 Å². The van der Waals surface area contributed by atoms with Crippen molar-refractivity contribution in [2.24, 2.45) is 5.92 Å². The van der Waals surface area contributed by atoms with Crippen molar-refractivity contribution in [3.05, 3.63) is 42.0 Å². The predicted octanol–water partition coefficient (Wildman–Crippen LogP) is 3.08. The van der Waals surface area contributed by atoms with Crippen LogP contribution in [-0.4, -0.2) is 70.1 Å². The van der Waals surface area contributed by atoms with E-state index in [1.54, 1.807) is 12.7 Å². The number of rotatable bonds is 10. The van der Waals surface area contributed by atoms with Crippen LogP contribution in [0.5, 0.6) is 5.75 Å². The molecular weight excluding hydrogens is 472 g/mol. The van der Waals surface area contributed by atoms with E-state index < -0.39 is 0 Å². The molecule has 3 heterocycles. The summed E-state index contributed by atoms with van der Waals surface area (Å²) >= 11 is 0. The molecule has 10 heteroatoms. The number of nitrogens with one attached hydrogen (secondary N) is 2. The molecule has 1 amide bonds. The van der Waals surface area contributed by atoms with E-state index in [1.165, 1.54) is 0 Å². The summed E-state index contributed by atoms with van der Waals surface area (Å²) in [6.07, 6.45) is 6.89. The van der Waals surface area contributed by atoms with Gasteiger partial charge in [-0.05, 0) is 45.6 Å². The van der Waals surface area contributed by atoms with Gasteiger partial charge in [-0.25, -0.2) is 15.0 Å². The highest BCUT2D eigenvalue weighted by Gasteiger charge is 2.32. The summed E-state index contributed by atoms with van der Waals surface area (Å²) in [7, 11) is 0. The molecule has 0 saturated carbocycles. The lowest BCUT2D eigenvalue weighted by Gasteiger charge is -2.28. The lowest BCUT2D eigenvalue weighted by atomic mass is 9.80. The van der Waals surface area contributed by atoms with E-state index in [-0.39, 0.29) is 36.2 Å². The van der Waals surface area contributed by atoms with Crippen molar-refractivity contribution in [1.82, 2.24) is 25.3 Å². The quantitative estimate of drug-likeness (QED) is 0.402. The van der Waals surface area contributed by atoms with Crippen molar-refractivity contribution in [1.29, 1.82) is 0 Å². The highest BCUT2D eigenvalue weighted by atomic mass is 16.5. The number of ketones is 1. The van der Waals surface area contributed by atoms with Crippen LogP contribution in [0.3, 0.4) is 0 Å². The van der Waals surface area contributed by atoms with Crippen LogP contribution >= 0.6 is 0 Å². The Morgan fingerprint density at radius 2 is 2.14 bits per heavy atom. The molecule has 2 atom stereocenters. The van der Waals surface area contributed by atoms with E-state index in [2.05, 4.69) is 30.2 Å². The van der Waals surface area contributed by atoms with Gasteiger partial charge in [-0.2, -0.15) is 0 Å². The lowest BCUT2D eigenvalue weighted by molar-refractivity contribution is -0.122. The second kappa shape index (κ2) is 11.2. The molecule has 3 aromatic rings. The van der Waals surface area contributed by atoms with E-state index in [9.17, 15) is 9.59 Å². The first-order chi connectivity index (χ1) is 18.0. The third-order valence-corrected chi connectivity index (χ3v) is 7.10. The molecule has 0 radical (unpaired) electrons. The number of amides is 1. The van der Waals surface area contributed by atoms with E-state index in [0.29, 0.717) is 38.2 Å². The Labute approximate surface area is 216 Å². The number of H-pyrrole nitrogens is 1. The molecule has 1 aliphatic carbocycles. The number of hydrogen-bond acceptors (Lipinski definition) is 8. The van der Waals surface area contributed by atoms with E-state index >= 15 is 0 Å². The Bertz CT molecular complexity index is 1260. The second-order valence-corrected chi connectivity index (χ2v) is 9.95. The molecule has 2 N–H and O–H groups in total. The molecule has 0 bridgehead atoms. The summed E-state index contributed by atoms with van der Waals surface area (Å²) in [6.45, 7) is 6.20. The highest BCUT2D eigenvalue weighted by Crippen LogP contribution is 2.34. The van der Waals surface area contributed by atoms with Crippen LogP contribution in [-0.2, 0) is 16.0 Å².